The molecule has 4 heteroatoms. The lowest BCUT2D eigenvalue weighted by atomic mass is 9.92. The molecule has 0 saturated carbocycles. The van der Waals surface area contributed by atoms with Crippen LogP contribution in [-0.4, -0.2) is 30.6 Å². The van der Waals surface area contributed by atoms with Gasteiger partial charge in [0, 0.05) is 12.0 Å². The topological polar surface area (TPSA) is 44.8 Å². The lowest BCUT2D eigenvalue weighted by Crippen LogP contribution is -2.49. The van der Waals surface area contributed by atoms with E-state index >= 15 is 0 Å². The first-order chi connectivity index (χ1) is 10.3. The second-order valence-corrected chi connectivity index (χ2v) is 6.00. The highest BCUT2D eigenvalue weighted by Gasteiger charge is 2.38. The van der Waals surface area contributed by atoms with Crippen LogP contribution in [0.1, 0.15) is 41.0 Å². The first-order valence-electron chi connectivity index (χ1n) is 7.79. The zero-order chi connectivity index (χ0) is 16.8. The predicted molar refractivity (Wildman–Crippen MR) is 87.3 cm³/mol. The van der Waals surface area contributed by atoms with Crippen LogP contribution in [0.5, 0.6) is 0 Å². The highest BCUT2D eigenvalue weighted by Crippen LogP contribution is 2.33. The highest BCUT2D eigenvalue weighted by atomic mass is 16.7. The van der Waals surface area contributed by atoms with Crippen molar-refractivity contribution in [2.45, 2.75) is 59.0 Å². The summed E-state index contributed by atoms with van der Waals surface area (Å²) in [6.07, 6.45) is 7.91. The van der Waals surface area contributed by atoms with E-state index in [2.05, 4.69) is 19.6 Å². The van der Waals surface area contributed by atoms with Crippen molar-refractivity contribution in [3.63, 3.8) is 0 Å². The van der Waals surface area contributed by atoms with E-state index in [1.165, 1.54) is 6.08 Å². The van der Waals surface area contributed by atoms with E-state index in [4.69, 9.17) is 14.2 Å². The Labute approximate surface area is 133 Å². The number of carbonyl (C=O) groups is 1. The fraction of sp³-hybridized carbons (Fsp3) is 0.611. The molecule has 22 heavy (non-hydrogen) atoms. The maximum Gasteiger partial charge on any atom is 0.330 e. The summed E-state index contributed by atoms with van der Waals surface area (Å²) in [6.45, 7) is 13.9. The monoisotopic (exact) mass is 308 g/mol. The third-order valence-corrected chi connectivity index (χ3v) is 3.63. The summed E-state index contributed by atoms with van der Waals surface area (Å²) in [5.41, 5.74) is 1.00. The molecule has 0 spiro atoms. The SMILES string of the molecule is C=C[C@H]1OC(C)(C)O[C@H](C/C=C(C)/C=C/C(=O)OCC)[C@H]1C. The second-order valence-electron chi connectivity index (χ2n) is 6.00. The van der Waals surface area contributed by atoms with Crippen LogP contribution in [0.2, 0.25) is 0 Å². The molecule has 0 aliphatic carbocycles. The summed E-state index contributed by atoms with van der Waals surface area (Å²) in [4.78, 5) is 11.3. The minimum Gasteiger partial charge on any atom is -0.463 e. The Morgan fingerprint density at radius 2 is 2.00 bits per heavy atom. The van der Waals surface area contributed by atoms with Gasteiger partial charge in [0.2, 0.25) is 0 Å². The van der Waals surface area contributed by atoms with E-state index in [1.54, 1.807) is 13.0 Å². The maximum absolute atomic E-state index is 11.3. The van der Waals surface area contributed by atoms with Gasteiger partial charge in [-0.3, -0.25) is 0 Å². The molecule has 0 aromatic heterocycles. The summed E-state index contributed by atoms with van der Waals surface area (Å²) < 4.78 is 16.7. The van der Waals surface area contributed by atoms with Crippen LogP contribution in [0, 0.1) is 5.92 Å². The molecule has 1 aliphatic heterocycles. The van der Waals surface area contributed by atoms with E-state index < -0.39 is 5.79 Å². The fourth-order valence-corrected chi connectivity index (χ4v) is 2.43. The van der Waals surface area contributed by atoms with Crippen molar-refractivity contribution in [2.24, 2.45) is 5.92 Å². The highest BCUT2D eigenvalue weighted by molar-refractivity contribution is 5.82. The molecule has 1 rings (SSSR count). The Morgan fingerprint density at radius 1 is 1.32 bits per heavy atom. The lowest BCUT2D eigenvalue weighted by Gasteiger charge is -2.43. The number of ether oxygens (including phenoxy) is 3. The van der Waals surface area contributed by atoms with Crippen LogP contribution < -0.4 is 0 Å². The maximum atomic E-state index is 11.3. The number of carbonyl (C=O) groups excluding carboxylic acids is 1. The Balaban J connectivity index is 2.66. The molecule has 0 aromatic carbocycles. The van der Waals surface area contributed by atoms with Gasteiger partial charge in [-0.05, 0) is 34.1 Å². The average molecular weight is 308 g/mol. The predicted octanol–water partition coefficient (Wildman–Crippen LogP) is 3.78. The van der Waals surface area contributed by atoms with E-state index in [9.17, 15) is 4.79 Å². The van der Waals surface area contributed by atoms with Gasteiger partial charge in [0.15, 0.2) is 5.79 Å². The number of hydrogen-bond donors (Lipinski definition) is 0. The van der Waals surface area contributed by atoms with Crippen molar-refractivity contribution < 1.29 is 19.0 Å². The summed E-state index contributed by atoms with van der Waals surface area (Å²) in [7, 11) is 0. The van der Waals surface area contributed by atoms with Crippen molar-refractivity contribution in [3.8, 4) is 0 Å². The number of rotatable bonds is 6. The normalized spacial score (nSPS) is 28.6. The smallest absolute Gasteiger partial charge is 0.330 e. The number of hydrogen-bond acceptors (Lipinski definition) is 4. The first kappa shape index (κ1) is 18.7. The van der Waals surface area contributed by atoms with Gasteiger partial charge in [0.25, 0.3) is 0 Å². The largest absolute Gasteiger partial charge is 0.463 e. The van der Waals surface area contributed by atoms with Gasteiger partial charge in [0.05, 0.1) is 18.8 Å². The van der Waals surface area contributed by atoms with Crippen molar-refractivity contribution in [1.82, 2.24) is 0 Å². The van der Waals surface area contributed by atoms with Gasteiger partial charge in [0.1, 0.15) is 0 Å². The summed E-state index contributed by atoms with van der Waals surface area (Å²) in [5, 5.41) is 0. The van der Waals surface area contributed by atoms with Gasteiger partial charge in [-0.15, -0.1) is 6.58 Å². The first-order valence-corrected chi connectivity index (χ1v) is 7.79. The molecule has 124 valence electrons. The average Bonchev–Trinajstić information content (AvgIpc) is 2.45. The Bertz CT molecular complexity index is 448. The van der Waals surface area contributed by atoms with Crippen LogP contribution in [0.3, 0.4) is 0 Å². The van der Waals surface area contributed by atoms with Gasteiger partial charge in [-0.2, -0.15) is 0 Å². The fourth-order valence-electron chi connectivity index (χ4n) is 2.43. The minimum absolute atomic E-state index is 0.0162. The van der Waals surface area contributed by atoms with Crippen LogP contribution >= 0.6 is 0 Å². The minimum atomic E-state index is -0.613. The van der Waals surface area contributed by atoms with Crippen LogP contribution in [0.25, 0.3) is 0 Å². The van der Waals surface area contributed by atoms with Gasteiger partial charge < -0.3 is 14.2 Å². The Kier molecular flexibility index (Phi) is 7.04. The molecule has 1 saturated heterocycles. The molecular weight excluding hydrogens is 280 g/mol. The van der Waals surface area contributed by atoms with Gasteiger partial charge >= 0.3 is 5.97 Å². The van der Waals surface area contributed by atoms with Crippen LogP contribution in [0.15, 0.2) is 36.5 Å². The van der Waals surface area contributed by atoms with Crippen LogP contribution in [-0.2, 0) is 19.0 Å². The number of allylic oxidation sites excluding steroid dienone is 2. The molecule has 0 N–H and O–H groups in total. The lowest BCUT2D eigenvalue weighted by molar-refractivity contribution is -0.308. The quantitative estimate of drug-likeness (QED) is 0.324. The van der Waals surface area contributed by atoms with Crippen molar-refractivity contribution >= 4 is 5.97 Å². The van der Waals surface area contributed by atoms with E-state index in [0.29, 0.717) is 6.61 Å². The molecule has 4 nitrogen and oxygen atoms in total. The van der Waals surface area contributed by atoms with Crippen molar-refractivity contribution in [1.29, 1.82) is 0 Å². The third kappa shape index (κ3) is 5.78. The van der Waals surface area contributed by atoms with E-state index in [-0.39, 0.29) is 24.1 Å². The summed E-state index contributed by atoms with van der Waals surface area (Å²) >= 11 is 0. The van der Waals surface area contributed by atoms with Crippen LogP contribution in [0.4, 0.5) is 0 Å². The van der Waals surface area contributed by atoms with Crippen molar-refractivity contribution in [3.05, 3.63) is 36.5 Å². The zero-order valence-electron chi connectivity index (χ0n) is 14.3. The number of esters is 1. The van der Waals surface area contributed by atoms with Gasteiger partial charge in [-0.25, -0.2) is 4.79 Å². The molecule has 1 fully saturated rings. The second kappa shape index (κ2) is 8.30. The summed E-state index contributed by atoms with van der Waals surface area (Å²) in [6, 6.07) is 0. The molecule has 0 aromatic rings. The zero-order valence-corrected chi connectivity index (χ0v) is 14.3. The summed E-state index contributed by atoms with van der Waals surface area (Å²) in [5.74, 6) is -0.708. The van der Waals surface area contributed by atoms with E-state index in [0.717, 1.165) is 12.0 Å². The molecular formula is C18H28O4. The van der Waals surface area contributed by atoms with Gasteiger partial charge in [-0.1, -0.05) is 30.7 Å². The van der Waals surface area contributed by atoms with Crippen molar-refractivity contribution in [2.75, 3.05) is 6.61 Å². The van der Waals surface area contributed by atoms with E-state index in [1.807, 2.05) is 26.8 Å². The molecule has 1 heterocycles. The molecule has 1 aliphatic rings. The molecule has 0 bridgehead atoms. The molecule has 0 unspecified atom stereocenters. The molecule has 0 radical (unpaired) electrons. The standard InChI is InChI=1S/C18H28O4/c1-7-15-14(4)16(22-18(5,6)21-15)11-9-13(3)10-12-17(19)20-8-2/h7,9-10,12,14-16H,1,8,11H2,2-6H3/b12-10+,13-9+/t14-,15+,16+/m0/s1. The Morgan fingerprint density at radius 3 is 2.59 bits per heavy atom. The third-order valence-electron chi connectivity index (χ3n) is 3.63. The molecule has 3 atom stereocenters. The Hall–Kier alpha value is -1.39. The molecule has 0 amide bonds.